The summed E-state index contributed by atoms with van der Waals surface area (Å²) in [5, 5.41) is 10.5. The van der Waals surface area contributed by atoms with E-state index in [-0.39, 0.29) is 18.6 Å². The van der Waals surface area contributed by atoms with Crippen LogP contribution in [0, 0.1) is 6.92 Å². The molecule has 37 heavy (non-hydrogen) atoms. The second-order valence-corrected chi connectivity index (χ2v) is 9.98. The third-order valence-corrected chi connectivity index (χ3v) is 6.91. The second kappa shape index (κ2) is 14.6. The average Bonchev–Trinajstić information content (AvgIpc) is 2.92. The van der Waals surface area contributed by atoms with E-state index >= 15 is 0 Å². The number of hydrogen-bond acceptors (Lipinski definition) is 7. The molecule has 2 atom stereocenters. The van der Waals surface area contributed by atoms with Crippen molar-refractivity contribution in [2.24, 2.45) is 0 Å². The molecule has 0 unspecified atom stereocenters. The Balaban J connectivity index is 1.29. The number of amides is 1. The molecule has 2 aliphatic heterocycles. The molecule has 8 heteroatoms. The number of hydrogen-bond donors (Lipinski definition) is 1. The van der Waals surface area contributed by atoms with E-state index in [9.17, 15) is 9.90 Å². The van der Waals surface area contributed by atoms with Gasteiger partial charge in [-0.05, 0) is 24.6 Å². The summed E-state index contributed by atoms with van der Waals surface area (Å²) in [5.41, 5.74) is 2.93. The van der Waals surface area contributed by atoms with Crippen molar-refractivity contribution in [3.63, 3.8) is 0 Å². The molecule has 4 rings (SSSR count). The number of aryl methyl sites for hydroxylation is 1. The summed E-state index contributed by atoms with van der Waals surface area (Å²) in [7, 11) is 0. The highest BCUT2D eigenvalue weighted by atomic mass is 16.5. The zero-order valence-corrected chi connectivity index (χ0v) is 22.0. The van der Waals surface area contributed by atoms with Gasteiger partial charge in [0, 0.05) is 57.9 Å². The third-order valence-electron chi connectivity index (χ3n) is 6.91. The van der Waals surface area contributed by atoms with Crippen LogP contribution in [0.4, 0.5) is 0 Å². The molecule has 0 aromatic heterocycles. The number of aliphatic hydroxyl groups excluding tert-OH is 1. The van der Waals surface area contributed by atoms with Crippen LogP contribution in [-0.2, 0) is 20.8 Å². The number of β-amino-alcohol motifs (C(OH)–C–C–N with tert-alkyl or cyclic N) is 1. The monoisotopic (exact) mass is 511 g/mol. The van der Waals surface area contributed by atoms with Gasteiger partial charge in [0.1, 0.15) is 0 Å². The zero-order chi connectivity index (χ0) is 25.9. The Labute approximate surface area is 220 Å². The number of nitrogens with zero attached hydrogens (tertiary/aromatic N) is 3. The van der Waals surface area contributed by atoms with Crippen LogP contribution in [0.1, 0.15) is 21.5 Å². The summed E-state index contributed by atoms with van der Waals surface area (Å²) >= 11 is 0. The zero-order valence-electron chi connectivity index (χ0n) is 22.0. The highest BCUT2D eigenvalue weighted by Gasteiger charge is 2.27. The van der Waals surface area contributed by atoms with Crippen LogP contribution in [0.15, 0.2) is 54.6 Å². The molecule has 0 saturated carbocycles. The lowest BCUT2D eigenvalue weighted by Crippen LogP contribution is -2.52. The van der Waals surface area contributed by atoms with Crippen molar-refractivity contribution in [3.05, 3.63) is 71.3 Å². The molecular weight excluding hydrogens is 470 g/mol. The highest BCUT2D eigenvalue weighted by Crippen LogP contribution is 2.13. The van der Waals surface area contributed by atoms with Crippen molar-refractivity contribution in [1.82, 2.24) is 14.7 Å². The van der Waals surface area contributed by atoms with Gasteiger partial charge in [-0.2, -0.15) is 0 Å². The molecule has 8 nitrogen and oxygen atoms in total. The molecule has 0 bridgehead atoms. The van der Waals surface area contributed by atoms with Crippen LogP contribution >= 0.6 is 0 Å². The summed E-state index contributed by atoms with van der Waals surface area (Å²) in [4.78, 5) is 19.9. The van der Waals surface area contributed by atoms with E-state index in [1.807, 2.05) is 66.4 Å². The molecule has 2 aliphatic rings. The summed E-state index contributed by atoms with van der Waals surface area (Å²) in [6.07, 6.45) is -0.681. The van der Waals surface area contributed by atoms with Crippen molar-refractivity contribution in [3.8, 4) is 0 Å². The van der Waals surface area contributed by atoms with Gasteiger partial charge in [-0.15, -0.1) is 0 Å². The van der Waals surface area contributed by atoms with Gasteiger partial charge in [-0.3, -0.25) is 14.6 Å². The standard InChI is InChI=1S/C29H41N3O5/c1-24-7-9-26(10-8-24)29(34)32(12-11-30-13-16-35-17-14-30)21-28-20-31(15-18-37-28)19-27(33)23-36-22-25-5-3-2-4-6-25/h2-10,27-28,33H,11-23H2,1H3/t27-,28+/m0/s1. The largest absolute Gasteiger partial charge is 0.389 e. The van der Waals surface area contributed by atoms with Gasteiger partial charge in [-0.25, -0.2) is 0 Å². The topological polar surface area (TPSA) is 74.7 Å². The minimum absolute atomic E-state index is 0.0309. The number of benzene rings is 2. The Kier molecular flexibility index (Phi) is 10.9. The molecule has 0 aliphatic carbocycles. The van der Waals surface area contributed by atoms with Gasteiger partial charge in [0.05, 0.1) is 45.2 Å². The first-order chi connectivity index (χ1) is 18.1. The first-order valence-electron chi connectivity index (χ1n) is 13.4. The molecule has 0 spiro atoms. The Morgan fingerprint density at radius 2 is 1.78 bits per heavy atom. The predicted octanol–water partition coefficient (Wildman–Crippen LogP) is 2.05. The number of morpholine rings is 2. The fourth-order valence-electron chi connectivity index (χ4n) is 4.78. The van der Waals surface area contributed by atoms with E-state index in [1.165, 1.54) is 0 Å². The second-order valence-electron chi connectivity index (χ2n) is 9.98. The number of aliphatic hydroxyl groups is 1. The van der Waals surface area contributed by atoms with Crippen molar-refractivity contribution in [2.75, 3.05) is 78.8 Å². The average molecular weight is 512 g/mol. The van der Waals surface area contributed by atoms with Gasteiger partial charge in [-0.1, -0.05) is 48.0 Å². The van der Waals surface area contributed by atoms with Crippen LogP contribution < -0.4 is 0 Å². The maximum Gasteiger partial charge on any atom is 0.253 e. The summed E-state index contributed by atoms with van der Waals surface area (Å²) in [6.45, 7) is 10.6. The molecular formula is C29H41N3O5. The normalized spacial score (nSPS) is 20.0. The first kappa shape index (κ1) is 27.7. The highest BCUT2D eigenvalue weighted by molar-refractivity contribution is 5.94. The Morgan fingerprint density at radius 1 is 1.05 bits per heavy atom. The van der Waals surface area contributed by atoms with Crippen molar-refractivity contribution in [1.29, 1.82) is 0 Å². The Morgan fingerprint density at radius 3 is 2.54 bits per heavy atom. The van der Waals surface area contributed by atoms with Crippen molar-refractivity contribution >= 4 is 5.91 Å². The number of carbonyl (C=O) groups is 1. The molecule has 1 N–H and O–H groups in total. The van der Waals surface area contributed by atoms with Gasteiger partial charge in [0.25, 0.3) is 5.91 Å². The molecule has 2 heterocycles. The number of ether oxygens (including phenoxy) is 3. The van der Waals surface area contributed by atoms with E-state index in [4.69, 9.17) is 14.2 Å². The van der Waals surface area contributed by atoms with Crippen molar-refractivity contribution < 1.29 is 24.1 Å². The lowest BCUT2D eigenvalue weighted by molar-refractivity contribution is -0.0604. The molecule has 202 valence electrons. The van der Waals surface area contributed by atoms with Crippen molar-refractivity contribution in [2.45, 2.75) is 25.7 Å². The quantitative estimate of drug-likeness (QED) is 0.468. The van der Waals surface area contributed by atoms with Gasteiger partial charge in [0.15, 0.2) is 0 Å². The molecule has 2 fully saturated rings. The van der Waals surface area contributed by atoms with E-state index in [2.05, 4.69) is 9.80 Å². The molecule has 0 radical (unpaired) electrons. The lowest BCUT2D eigenvalue weighted by atomic mass is 10.1. The van der Waals surface area contributed by atoms with Crippen LogP contribution in [0.5, 0.6) is 0 Å². The SMILES string of the molecule is Cc1ccc(C(=O)N(CCN2CCOCC2)C[C@H]2CN(C[C@H](O)COCc3ccccc3)CCO2)cc1. The van der Waals surface area contributed by atoms with Gasteiger partial charge >= 0.3 is 0 Å². The van der Waals surface area contributed by atoms with E-state index in [0.717, 1.165) is 50.5 Å². The third kappa shape index (κ3) is 9.17. The maximum atomic E-state index is 13.5. The van der Waals surface area contributed by atoms with E-state index in [1.54, 1.807) is 0 Å². The molecule has 1 amide bonds. The van der Waals surface area contributed by atoms with Gasteiger partial charge < -0.3 is 24.2 Å². The predicted molar refractivity (Wildman–Crippen MR) is 143 cm³/mol. The van der Waals surface area contributed by atoms with Crippen LogP contribution in [-0.4, -0.2) is 117 Å². The summed E-state index contributed by atoms with van der Waals surface area (Å²) in [6, 6.07) is 17.7. The fraction of sp³-hybridized carbons (Fsp3) is 0.552. The number of carbonyl (C=O) groups excluding carboxylic acids is 1. The van der Waals surface area contributed by atoms with Crippen LogP contribution in [0.3, 0.4) is 0 Å². The Bertz CT molecular complexity index is 936. The lowest BCUT2D eigenvalue weighted by Gasteiger charge is -2.37. The summed E-state index contributed by atoms with van der Waals surface area (Å²) in [5.74, 6) is 0.0309. The fourth-order valence-corrected chi connectivity index (χ4v) is 4.78. The molecule has 2 aromatic rings. The van der Waals surface area contributed by atoms with E-state index < -0.39 is 6.10 Å². The van der Waals surface area contributed by atoms with Gasteiger partial charge in [0.2, 0.25) is 0 Å². The summed E-state index contributed by atoms with van der Waals surface area (Å²) < 4.78 is 17.3. The van der Waals surface area contributed by atoms with Crippen LogP contribution in [0.25, 0.3) is 0 Å². The maximum absolute atomic E-state index is 13.5. The minimum atomic E-state index is -0.575. The Hall–Kier alpha value is -2.33. The van der Waals surface area contributed by atoms with E-state index in [0.29, 0.717) is 45.0 Å². The first-order valence-corrected chi connectivity index (χ1v) is 13.4. The molecule has 2 saturated heterocycles. The number of rotatable bonds is 12. The smallest absolute Gasteiger partial charge is 0.253 e. The minimum Gasteiger partial charge on any atom is -0.389 e. The molecule has 2 aromatic carbocycles. The van der Waals surface area contributed by atoms with Crippen LogP contribution in [0.2, 0.25) is 0 Å².